The van der Waals surface area contributed by atoms with Crippen molar-refractivity contribution in [1.29, 1.82) is 0 Å². The van der Waals surface area contributed by atoms with E-state index in [4.69, 9.17) is 9.47 Å². The van der Waals surface area contributed by atoms with E-state index in [2.05, 4.69) is 16.0 Å². The van der Waals surface area contributed by atoms with Crippen molar-refractivity contribution < 1.29 is 33.4 Å². The Bertz CT molecular complexity index is 831. The summed E-state index contributed by atoms with van der Waals surface area (Å²) in [5.41, 5.74) is 0. The number of thioether (sulfide) groups is 1. The Morgan fingerprint density at radius 3 is 2.65 bits per heavy atom. The quantitative estimate of drug-likeness (QED) is 0.0874. The molecule has 1 aliphatic rings. The third-order valence-corrected chi connectivity index (χ3v) is 9.51. The summed E-state index contributed by atoms with van der Waals surface area (Å²) in [4.78, 5) is 62.5. The number of esters is 1. The molecule has 10 nitrogen and oxygen atoms in total. The third kappa shape index (κ3) is 14.8. The number of hydrogen-bond donors (Lipinski definition) is 3. The fourth-order valence-electron chi connectivity index (χ4n) is 3.89. The first-order valence-corrected chi connectivity index (χ1v) is 17.6. The maximum Gasteiger partial charge on any atom is 0.308 e. The van der Waals surface area contributed by atoms with Gasteiger partial charge in [-0.2, -0.15) is 11.8 Å². The van der Waals surface area contributed by atoms with Gasteiger partial charge in [-0.15, -0.1) is 0 Å². The average molecular weight is 620 g/mol. The summed E-state index contributed by atoms with van der Waals surface area (Å²) < 4.78 is 10.7. The van der Waals surface area contributed by atoms with E-state index < -0.39 is 42.0 Å². The second-order valence-corrected chi connectivity index (χ2v) is 13.0. The largest absolute Gasteiger partial charge is 0.469 e. The highest BCUT2D eigenvalue weighted by atomic mass is 33.1. The molecular formula is C27H45N3O7S3. The van der Waals surface area contributed by atoms with Crippen LogP contribution in [-0.2, 0) is 33.4 Å². The number of nitrogens with one attached hydrogen (secondary N) is 3. The van der Waals surface area contributed by atoms with Gasteiger partial charge in [-0.25, -0.2) is 0 Å². The summed E-state index contributed by atoms with van der Waals surface area (Å²) in [5.74, 6) is 0.226. The Kier molecular flexibility index (Phi) is 20.0. The Morgan fingerprint density at radius 1 is 1.23 bits per heavy atom. The van der Waals surface area contributed by atoms with Crippen molar-refractivity contribution in [2.24, 2.45) is 5.92 Å². The Morgan fingerprint density at radius 2 is 1.98 bits per heavy atom. The lowest BCUT2D eigenvalue weighted by Crippen LogP contribution is -2.58. The smallest absolute Gasteiger partial charge is 0.308 e. The van der Waals surface area contributed by atoms with Crippen molar-refractivity contribution in [3.05, 3.63) is 12.2 Å². The maximum absolute atomic E-state index is 13.7. The molecule has 1 aliphatic heterocycles. The van der Waals surface area contributed by atoms with Gasteiger partial charge in [0.15, 0.2) is 0 Å². The van der Waals surface area contributed by atoms with Gasteiger partial charge in [-0.3, -0.25) is 19.2 Å². The van der Waals surface area contributed by atoms with Gasteiger partial charge in [0.25, 0.3) is 0 Å². The summed E-state index contributed by atoms with van der Waals surface area (Å²) in [6, 6.07) is -2.20. The van der Waals surface area contributed by atoms with Gasteiger partial charge in [0, 0.05) is 24.3 Å². The number of hydrogen-bond acceptors (Lipinski definition) is 10. The molecule has 3 amide bonds. The van der Waals surface area contributed by atoms with Crippen molar-refractivity contribution >= 4 is 63.3 Å². The molecule has 0 aromatic heterocycles. The first-order chi connectivity index (χ1) is 19.3. The lowest BCUT2D eigenvalue weighted by Gasteiger charge is -2.33. The summed E-state index contributed by atoms with van der Waals surface area (Å²) >= 11 is 1.57. The molecule has 0 aromatic rings. The standard InChI is InChI=1S/C27H45N3O7S3/c1-5-19(2)25(22(17-24(33)36-3)37-14-10-13-31)30-27(35)21-18-40-39-15-9-7-6-8-11-23(32)28-20(12-16-38-4)26(34)29-21/h6-7,13,19-22,25H,5,8-12,14-18H2,1-4H3,(H,28,32)(H,29,34)(H,30,35)/b7-6+/t19-,20-,21-,22+,25?/m1/s1. The topological polar surface area (TPSA) is 140 Å². The van der Waals surface area contributed by atoms with Crippen LogP contribution in [0.5, 0.6) is 0 Å². The number of carbonyl (C=O) groups is 5. The highest BCUT2D eigenvalue weighted by Gasteiger charge is 2.34. The highest BCUT2D eigenvalue weighted by Crippen LogP contribution is 2.24. The molecule has 5 atom stereocenters. The number of carbonyl (C=O) groups excluding carboxylic acids is 5. The molecule has 0 bridgehead atoms. The molecule has 0 fully saturated rings. The second kappa shape index (κ2) is 22.0. The average Bonchev–Trinajstić information content (AvgIpc) is 2.95. The van der Waals surface area contributed by atoms with E-state index in [1.54, 1.807) is 22.6 Å². The SMILES string of the molecule is CC[C@@H](C)C(NC(=O)[C@H]1CSSCC/C=C/CCC(=O)N[C@H](CCSC)C(=O)N1)[C@H](CC(=O)OC)OCCC=O. The summed E-state index contributed by atoms with van der Waals surface area (Å²) in [6.07, 6.45) is 8.88. The van der Waals surface area contributed by atoms with E-state index in [0.717, 1.165) is 18.5 Å². The normalized spacial score (nSPS) is 22.3. The van der Waals surface area contributed by atoms with Crippen LogP contribution in [0.4, 0.5) is 0 Å². The molecule has 3 N–H and O–H groups in total. The van der Waals surface area contributed by atoms with E-state index in [0.29, 0.717) is 30.8 Å². The molecule has 1 heterocycles. The van der Waals surface area contributed by atoms with Gasteiger partial charge in [0.2, 0.25) is 17.7 Å². The molecule has 13 heteroatoms. The molecule has 228 valence electrons. The zero-order valence-electron chi connectivity index (χ0n) is 24.0. The highest BCUT2D eigenvalue weighted by molar-refractivity contribution is 8.76. The van der Waals surface area contributed by atoms with Crippen molar-refractivity contribution in [2.45, 2.75) is 83.0 Å². The third-order valence-electron chi connectivity index (χ3n) is 6.42. The molecule has 40 heavy (non-hydrogen) atoms. The first-order valence-electron chi connectivity index (χ1n) is 13.7. The predicted octanol–water partition coefficient (Wildman–Crippen LogP) is 2.90. The van der Waals surface area contributed by atoms with Crippen LogP contribution < -0.4 is 16.0 Å². The molecular weight excluding hydrogens is 575 g/mol. The van der Waals surface area contributed by atoms with Crippen molar-refractivity contribution in [2.75, 3.05) is 37.2 Å². The fourth-order valence-corrected chi connectivity index (χ4v) is 6.52. The molecule has 1 rings (SSSR count). The predicted molar refractivity (Wildman–Crippen MR) is 163 cm³/mol. The molecule has 0 aromatic carbocycles. The van der Waals surface area contributed by atoms with Gasteiger partial charge in [0.1, 0.15) is 18.4 Å². The van der Waals surface area contributed by atoms with Crippen molar-refractivity contribution in [3.8, 4) is 0 Å². The fraction of sp³-hybridized carbons (Fsp3) is 0.741. The summed E-state index contributed by atoms with van der Waals surface area (Å²) in [6.45, 7) is 4.02. The van der Waals surface area contributed by atoms with Gasteiger partial charge >= 0.3 is 5.97 Å². The van der Waals surface area contributed by atoms with E-state index in [1.165, 1.54) is 17.9 Å². The Hall–Kier alpha value is -1.70. The number of ether oxygens (including phenoxy) is 2. The minimum absolute atomic E-state index is 0.0739. The van der Waals surface area contributed by atoms with Crippen molar-refractivity contribution in [1.82, 2.24) is 16.0 Å². The molecule has 0 spiro atoms. The molecule has 0 saturated carbocycles. The van der Waals surface area contributed by atoms with Crippen LogP contribution in [0.25, 0.3) is 0 Å². The van der Waals surface area contributed by atoms with Crippen LogP contribution in [0, 0.1) is 5.92 Å². The van der Waals surface area contributed by atoms with Crippen LogP contribution >= 0.6 is 33.3 Å². The maximum atomic E-state index is 13.7. The molecule has 0 saturated heterocycles. The van der Waals surface area contributed by atoms with Gasteiger partial charge < -0.3 is 30.2 Å². The molecule has 0 aliphatic carbocycles. The number of methoxy groups -OCH3 is 1. The minimum atomic E-state index is -0.875. The lowest BCUT2D eigenvalue weighted by molar-refractivity contribution is -0.145. The Balaban J connectivity index is 3.19. The summed E-state index contributed by atoms with van der Waals surface area (Å²) in [5, 5.41) is 8.73. The van der Waals surface area contributed by atoms with E-state index in [-0.39, 0.29) is 37.7 Å². The number of rotatable bonds is 14. The first kappa shape index (κ1) is 36.3. The van der Waals surface area contributed by atoms with E-state index in [9.17, 15) is 24.0 Å². The molecule has 0 radical (unpaired) electrons. The van der Waals surface area contributed by atoms with Gasteiger partial charge in [-0.1, -0.05) is 54.0 Å². The van der Waals surface area contributed by atoms with Crippen LogP contribution in [0.3, 0.4) is 0 Å². The number of allylic oxidation sites excluding steroid dienone is 2. The van der Waals surface area contributed by atoms with E-state index >= 15 is 0 Å². The second-order valence-electron chi connectivity index (χ2n) is 9.43. The Labute approximate surface area is 250 Å². The number of aldehydes is 1. The van der Waals surface area contributed by atoms with Crippen LogP contribution in [0.1, 0.15) is 58.8 Å². The zero-order chi connectivity index (χ0) is 29.8. The van der Waals surface area contributed by atoms with Crippen LogP contribution in [-0.4, -0.2) is 91.4 Å². The zero-order valence-corrected chi connectivity index (χ0v) is 26.4. The van der Waals surface area contributed by atoms with Crippen LogP contribution in [0.15, 0.2) is 12.2 Å². The molecule has 1 unspecified atom stereocenters. The number of amides is 3. The lowest BCUT2D eigenvalue weighted by atomic mass is 9.92. The van der Waals surface area contributed by atoms with Crippen molar-refractivity contribution in [3.63, 3.8) is 0 Å². The van der Waals surface area contributed by atoms with Gasteiger partial charge in [0.05, 0.1) is 32.3 Å². The summed E-state index contributed by atoms with van der Waals surface area (Å²) in [7, 11) is 4.39. The van der Waals surface area contributed by atoms with Gasteiger partial charge in [-0.05, 0) is 37.2 Å². The van der Waals surface area contributed by atoms with E-state index in [1.807, 2.05) is 32.3 Å². The monoisotopic (exact) mass is 619 g/mol. The van der Waals surface area contributed by atoms with Crippen LogP contribution in [0.2, 0.25) is 0 Å². The minimum Gasteiger partial charge on any atom is -0.469 e.